The number of carbonyl (C=O) groups is 1. The van der Waals surface area contributed by atoms with Crippen LogP contribution in [-0.2, 0) is 11.3 Å². The zero-order chi connectivity index (χ0) is 18.5. The van der Waals surface area contributed by atoms with Crippen LogP contribution in [0.15, 0.2) is 46.9 Å². The van der Waals surface area contributed by atoms with Crippen LogP contribution in [0, 0.1) is 0 Å². The van der Waals surface area contributed by atoms with Crippen molar-refractivity contribution in [2.75, 3.05) is 6.61 Å². The molecule has 0 unspecified atom stereocenters. The summed E-state index contributed by atoms with van der Waals surface area (Å²) in [6.45, 7) is 2.33. The van der Waals surface area contributed by atoms with Gasteiger partial charge in [-0.3, -0.25) is 0 Å². The average Bonchev–Trinajstić information content (AvgIpc) is 3.12. The van der Waals surface area contributed by atoms with Gasteiger partial charge in [0.1, 0.15) is 18.1 Å². The Morgan fingerprint density at radius 3 is 2.69 bits per heavy atom. The largest absolute Gasteiger partial charge is 0.488 e. The molecule has 1 aromatic heterocycles. The summed E-state index contributed by atoms with van der Waals surface area (Å²) in [5.41, 5.74) is 1.98. The minimum absolute atomic E-state index is 0.0857. The van der Waals surface area contributed by atoms with Crippen molar-refractivity contribution in [2.24, 2.45) is 0 Å². The molecule has 2 aromatic carbocycles. The number of hydrogen-bond acceptors (Lipinski definition) is 5. The summed E-state index contributed by atoms with van der Waals surface area (Å²) in [5.74, 6) is -0.0214. The van der Waals surface area contributed by atoms with Gasteiger partial charge in [-0.25, -0.2) is 4.79 Å². The molecule has 8 heteroatoms. The Kier molecular flexibility index (Phi) is 5.90. The van der Waals surface area contributed by atoms with E-state index in [1.165, 1.54) is 0 Å². The molecule has 0 amide bonds. The first-order valence-corrected chi connectivity index (χ1v) is 9.00. The fourth-order valence-electron chi connectivity index (χ4n) is 2.32. The Morgan fingerprint density at radius 1 is 1.19 bits per heavy atom. The summed E-state index contributed by atoms with van der Waals surface area (Å²) in [6, 6.07) is 12.9. The number of rotatable bonds is 6. The number of aromatic amines is 1. The van der Waals surface area contributed by atoms with Crippen LogP contribution in [0.25, 0.3) is 11.3 Å². The van der Waals surface area contributed by atoms with Crippen molar-refractivity contribution >= 4 is 33.5 Å². The van der Waals surface area contributed by atoms with Crippen LogP contribution in [0.5, 0.6) is 5.75 Å². The molecule has 0 fully saturated rings. The molecule has 0 saturated carbocycles. The number of nitrogens with zero attached hydrogens (tertiary/aromatic N) is 2. The summed E-state index contributed by atoms with van der Waals surface area (Å²) in [7, 11) is 0. The molecule has 0 spiro atoms. The van der Waals surface area contributed by atoms with E-state index in [1.807, 2.05) is 24.3 Å². The van der Waals surface area contributed by atoms with Crippen LogP contribution >= 0.6 is 27.5 Å². The van der Waals surface area contributed by atoms with Gasteiger partial charge in [-0.15, -0.1) is 5.10 Å². The highest BCUT2D eigenvalue weighted by molar-refractivity contribution is 9.10. The lowest BCUT2D eigenvalue weighted by atomic mass is 10.1. The molecule has 1 heterocycles. The Balaban J connectivity index is 1.90. The number of esters is 1. The maximum Gasteiger partial charge on any atom is 0.361 e. The summed E-state index contributed by atoms with van der Waals surface area (Å²) < 4.78 is 11.9. The molecular weight excluding hydrogens is 422 g/mol. The van der Waals surface area contributed by atoms with Crippen molar-refractivity contribution in [2.45, 2.75) is 13.5 Å². The number of halogens is 2. The molecule has 0 radical (unpaired) electrons. The maximum absolute atomic E-state index is 12.1. The van der Waals surface area contributed by atoms with Crippen LogP contribution in [0.4, 0.5) is 0 Å². The number of nitrogens with one attached hydrogen (secondary N) is 1. The predicted octanol–water partition coefficient (Wildman–Crippen LogP) is 4.64. The SMILES string of the molecule is CCOC(=O)c1n[nH]nc1-c1cc(Cl)ccc1OCc1ccc(Br)cc1. The lowest BCUT2D eigenvalue weighted by Gasteiger charge is -2.11. The first kappa shape index (κ1) is 18.4. The number of H-pyrrole nitrogens is 1. The zero-order valence-corrected chi connectivity index (χ0v) is 16.2. The van der Waals surface area contributed by atoms with E-state index >= 15 is 0 Å². The molecule has 0 atom stereocenters. The molecule has 3 aromatic rings. The molecule has 0 aliphatic carbocycles. The predicted molar refractivity (Wildman–Crippen MR) is 101 cm³/mol. The highest BCUT2D eigenvalue weighted by Crippen LogP contribution is 2.33. The third-order valence-corrected chi connectivity index (χ3v) is 4.28. The number of hydrogen-bond donors (Lipinski definition) is 1. The minimum atomic E-state index is -0.560. The van der Waals surface area contributed by atoms with Crippen molar-refractivity contribution in [1.82, 2.24) is 15.4 Å². The molecule has 6 nitrogen and oxygen atoms in total. The molecule has 3 rings (SSSR count). The summed E-state index contributed by atoms with van der Waals surface area (Å²) in [5, 5.41) is 10.9. The van der Waals surface area contributed by atoms with Gasteiger partial charge in [-0.05, 0) is 42.8 Å². The third kappa shape index (κ3) is 4.23. The first-order chi connectivity index (χ1) is 12.6. The first-order valence-electron chi connectivity index (χ1n) is 7.83. The molecule has 0 bridgehead atoms. The molecule has 1 N–H and O–H groups in total. The van der Waals surface area contributed by atoms with Crippen LogP contribution in [-0.4, -0.2) is 28.0 Å². The molecule has 0 saturated heterocycles. The van der Waals surface area contributed by atoms with E-state index in [4.69, 9.17) is 21.1 Å². The van der Waals surface area contributed by atoms with E-state index in [0.29, 0.717) is 28.6 Å². The fourth-order valence-corrected chi connectivity index (χ4v) is 2.75. The second kappa shape index (κ2) is 8.33. The van der Waals surface area contributed by atoms with Gasteiger partial charge in [0.2, 0.25) is 0 Å². The van der Waals surface area contributed by atoms with E-state index in [1.54, 1.807) is 25.1 Å². The summed E-state index contributed by atoms with van der Waals surface area (Å²) in [6.07, 6.45) is 0. The number of aromatic nitrogens is 3. The Labute approximate surface area is 163 Å². The number of carbonyl (C=O) groups excluding carboxylic acids is 1. The second-order valence-electron chi connectivity index (χ2n) is 5.30. The van der Waals surface area contributed by atoms with Crippen molar-refractivity contribution in [3.05, 3.63) is 63.2 Å². The van der Waals surface area contributed by atoms with Gasteiger partial charge in [-0.2, -0.15) is 10.3 Å². The van der Waals surface area contributed by atoms with Gasteiger partial charge in [0.25, 0.3) is 0 Å². The third-order valence-electron chi connectivity index (χ3n) is 3.52. The van der Waals surface area contributed by atoms with Gasteiger partial charge < -0.3 is 9.47 Å². The van der Waals surface area contributed by atoms with E-state index in [9.17, 15) is 4.79 Å². The lowest BCUT2D eigenvalue weighted by molar-refractivity contribution is 0.0520. The van der Waals surface area contributed by atoms with Gasteiger partial charge in [0.15, 0.2) is 5.69 Å². The second-order valence-corrected chi connectivity index (χ2v) is 6.65. The normalized spacial score (nSPS) is 10.6. The fraction of sp³-hybridized carbons (Fsp3) is 0.167. The van der Waals surface area contributed by atoms with Crippen LogP contribution < -0.4 is 4.74 Å². The topological polar surface area (TPSA) is 77.1 Å². The highest BCUT2D eigenvalue weighted by Gasteiger charge is 2.22. The highest BCUT2D eigenvalue weighted by atomic mass is 79.9. The van der Waals surface area contributed by atoms with Crippen molar-refractivity contribution in [3.63, 3.8) is 0 Å². The van der Waals surface area contributed by atoms with Crippen molar-refractivity contribution in [1.29, 1.82) is 0 Å². The Morgan fingerprint density at radius 2 is 1.96 bits per heavy atom. The maximum atomic E-state index is 12.1. The van der Waals surface area contributed by atoms with Crippen LogP contribution in [0.3, 0.4) is 0 Å². The number of benzene rings is 2. The van der Waals surface area contributed by atoms with E-state index in [2.05, 4.69) is 31.3 Å². The van der Waals surface area contributed by atoms with Gasteiger partial charge in [0.05, 0.1) is 6.61 Å². The van der Waals surface area contributed by atoms with Crippen LogP contribution in [0.2, 0.25) is 5.02 Å². The van der Waals surface area contributed by atoms with Crippen LogP contribution in [0.1, 0.15) is 23.0 Å². The van der Waals surface area contributed by atoms with E-state index in [0.717, 1.165) is 10.0 Å². The lowest BCUT2D eigenvalue weighted by Crippen LogP contribution is -2.07. The quantitative estimate of drug-likeness (QED) is 0.569. The van der Waals surface area contributed by atoms with E-state index < -0.39 is 5.97 Å². The summed E-state index contributed by atoms with van der Waals surface area (Å²) >= 11 is 9.53. The number of ether oxygens (including phenoxy) is 2. The standard InChI is InChI=1S/C18H15BrClN3O3/c1-2-25-18(24)17-16(21-23-22-17)14-9-13(20)7-8-15(14)26-10-11-3-5-12(19)6-4-11/h3-9H,2,10H2,1H3,(H,21,22,23). The van der Waals surface area contributed by atoms with E-state index in [-0.39, 0.29) is 12.3 Å². The van der Waals surface area contributed by atoms with Crippen molar-refractivity contribution < 1.29 is 14.3 Å². The summed E-state index contributed by atoms with van der Waals surface area (Å²) in [4.78, 5) is 12.1. The Hall–Kier alpha value is -2.38. The molecule has 0 aliphatic heterocycles. The molecule has 134 valence electrons. The van der Waals surface area contributed by atoms with Crippen molar-refractivity contribution in [3.8, 4) is 17.0 Å². The molecule has 26 heavy (non-hydrogen) atoms. The average molecular weight is 437 g/mol. The minimum Gasteiger partial charge on any atom is -0.488 e. The van der Waals surface area contributed by atoms with Gasteiger partial charge in [0, 0.05) is 15.1 Å². The monoisotopic (exact) mass is 435 g/mol. The van der Waals surface area contributed by atoms with Gasteiger partial charge >= 0.3 is 5.97 Å². The smallest absolute Gasteiger partial charge is 0.361 e. The zero-order valence-electron chi connectivity index (χ0n) is 13.8. The molecular formula is C18H15BrClN3O3. The Bertz CT molecular complexity index is 912. The van der Waals surface area contributed by atoms with Gasteiger partial charge in [-0.1, -0.05) is 39.7 Å². The molecule has 0 aliphatic rings.